The van der Waals surface area contributed by atoms with Crippen LogP contribution in [0.25, 0.3) is 39.4 Å². The molecule has 4 aromatic heterocycles. The number of nitrogens with one attached hydrogen (secondary N) is 2. The Morgan fingerprint density at radius 1 is 0.944 bits per heavy atom. The van der Waals surface area contributed by atoms with Crippen LogP contribution in [0.15, 0.2) is 67.3 Å². The maximum absolute atomic E-state index is 12.8. The number of nitrogens with zero attached hydrogens (tertiary/aromatic N) is 5. The number of fused-ring (bicyclic) bond motifs is 1. The van der Waals surface area contributed by atoms with E-state index in [1.807, 2.05) is 30.5 Å². The van der Waals surface area contributed by atoms with E-state index in [9.17, 15) is 13.2 Å². The molecule has 7 nitrogen and oxygen atoms in total. The molecule has 0 unspecified atom stereocenters. The van der Waals surface area contributed by atoms with Crippen molar-refractivity contribution in [1.82, 2.24) is 29.5 Å². The van der Waals surface area contributed by atoms with Crippen LogP contribution < -0.4 is 5.32 Å². The summed E-state index contributed by atoms with van der Waals surface area (Å²) in [6.07, 6.45) is 4.01. The number of aromatic nitrogens is 6. The first kappa shape index (κ1) is 22.3. The van der Waals surface area contributed by atoms with Crippen molar-refractivity contribution in [3.63, 3.8) is 0 Å². The van der Waals surface area contributed by atoms with Gasteiger partial charge in [-0.1, -0.05) is 24.3 Å². The van der Waals surface area contributed by atoms with E-state index in [0.717, 1.165) is 33.9 Å². The second-order valence-corrected chi connectivity index (χ2v) is 8.88. The van der Waals surface area contributed by atoms with Gasteiger partial charge in [-0.15, -0.1) is 0 Å². The number of alkyl halides is 3. The molecule has 0 amide bonds. The van der Waals surface area contributed by atoms with Crippen molar-refractivity contribution < 1.29 is 13.2 Å². The molecule has 1 aromatic carbocycles. The smallest absolute Gasteiger partial charge is 0.382 e. The Morgan fingerprint density at radius 2 is 1.69 bits per heavy atom. The van der Waals surface area contributed by atoms with E-state index >= 15 is 0 Å². The second-order valence-electron chi connectivity index (χ2n) is 8.88. The van der Waals surface area contributed by atoms with Crippen molar-refractivity contribution in [2.24, 2.45) is 0 Å². The molecular weight excluding hydrogens is 467 g/mol. The number of hydrogen-bond donors (Lipinski definition) is 2. The summed E-state index contributed by atoms with van der Waals surface area (Å²) in [5.41, 5.74) is 5.93. The van der Waals surface area contributed by atoms with Crippen LogP contribution in [0.2, 0.25) is 0 Å². The average molecular weight is 490 g/mol. The van der Waals surface area contributed by atoms with Gasteiger partial charge in [0.15, 0.2) is 5.65 Å². The lowest BCUT2D eigenvalue weighted by molar-refractivity contribution is -0.131. The third-order valence-corrected chi connectivity index (χ3v) is 6.22. The van der Waals surface area contributed by atoms with E-state index in [0.29, 0.717) is 22.9 Å². The van der Waals surface area contributed by atoms with Crippen molar-refractivity contribution in [2.45, 2.75) is 31.4 Å². The number of benzene rings is 1. The lowest BCUT2D eigenvalue weighted by atomic mass is 10.1. The number of halogens is 3. The van der Waals surface area contributed by atoms with Gasteiger partial charge in [-0.05, 0) is 36.6 Å². The molecule has 0 radical (unpaired) electrons. The number of rotatable bonds is 7. The first-order valence-corrected chi connectivity index (χ1v) is 11.7. The van der Waals surface area contributed by atoms with Gasteiger partial charge >= 0.3 is 6.18 Å². The molecule has 0 saturated heterocycles. The van der Waals surface area contributed by atoms with E-state index in [1.165, 1.54) is 12.8 Å². The summed E-state index contributed by atoms with van der Waals surface area (Å²) in [5.74, 6) is 1.59. The van der Waals surface area contributed by atoms with Gasteiger partial charge in [-0.2, -0.15) is 18.3 Å². The number of pyridine rings is 1. The molecule has 5 aromatic rings. The van der Waals surface area contributed by atoms with Gasteiger partial charge in [-0.25, -0.2) is 14.5 Å². The highest BCUT2D eigenvalue weighted by molar-refractivity contribution is 5.77. The standard InChI is InChI=1S/C26H22F3N7/c27-26(28,29)9-12-31-21-13-20(17-7-10-30-11-8-17)35-36-23(15-33-25(21)36)18-3-1-16(2-4-18)22-14-32-24(34-22)19-5-6-19/h1-4,7-8,10-11,13-15,19,31H,5-6,9,12H2,(H,32,34). The Hall–Kier alpha value is -4.21. The molecule has 2 N–H and O–H groups in total. The zero-order chi connectivity index (χ0) is 24.7. The van der Waals surface area contributed by atoms with Crippen molar-refractivity contribution in [3.8, 4) is 33.8 Å². The predicted octanol–water partition coefficient (Wildman–Crippen LogP) is 6.09. The number of H-pyrrole nitrogens is 1. The largest absolute Gasteiger partial charge is 0.390 e. The van der Waals surface area contributed by atoms with Crippen LogP contribution in [-0.2, 0) is 0 Å². The maximum atomic E-state index is 12.8. The molecule has 1 aliphatic rings. The Kier molecular flexibility index (Phi) is 5.43. The molecule has 1 fully saturated rings. The third-order valence-electron chi connectivity index (χ3n) is 6.22. The van der Waals surface area contributed by atoms with Gasteiger partial charge in [0.1, 0.15) is 5.82 Å². The molecule has 0 aliphatic heterocycles. The summed E-state index contributed by atoms with van der Waals surface area (Å²) in [6, 6.07) is 13.3. The topological polar surface area (TPSA) is 83.8 Å². The van der Waals surface area contributed by atoms with Crippen molar-refractivity contribution in [1.29, 1.82) is 0 Å². The van der Waals surface area contributed by atoms with Crippen LogP contribution in [0.3, 0.4) is 0 Å². The lowest BCUT2D eigenvalue weighted by Gasteiger charge is -2.12. The van der Waals surface area contributed by atoms with Gasteiger partial charge in [0.25, 0.3) is 0 Å². The van der Waals surface area contributed by atoms with E-state index in [4.69, 9.17) is 5.10 Å². The minimum absolute atomic E-state index is 0.261. The van der Waals surface area contributed by atoms with E-state index in [2.05, 4.69) is 25.3 Å². The molecule has 10 heteroatoms. The maximum Gasteiger partial charge on any atom is 0.390 e. The first-order chi connectivity index (χ1) is 17.4. The van der Waals surface area contributed by atoms with Crippen LogP contribution in [-0.4, -0.2) is 42.3 Å². The summed E-state index contributed by atoms with van der Waals surface area (Å²) >= 11 is 0. The highest BCUT2D eigenvalue weighted by Crippen LogP contribution is 2.39. The zero-order valence-electron chi connectivity index (χ0n) is 19.1. The molecule has 4 heterocycles. The first-order valence-electron chi connectivity index (χ1n) is 11.7. The Morgan fingerprint density at radius 3 is 2.42 bits per heavy atom. The summed E-state index contributed by atoms with van der Waals surface area (Å²) < 4.78 is 39.9. The van der Waals surface area contributed by atoms with Crippen molar-refractivity contribution >= 4 is 11.3 Å². The van der Waals surface area contributed by atoms with Crippen LogP contribution in [0.4, 0.5) is 18.9 Å². The molecule has 6 rings (SSSR count). The van der Waals surface area contributed by atoms with Gasteiger partial charge < -0.3 is 10.3 Å². The fourth-order valence-corrected chi connectivity index (χ4v) is 4.17. The summed E-state index contributed by atoms with van der Waals surface area (Å²) in [5, 5.41) is 7.65. The molecule has 182 valence electrons. The normalized spacial score (nSPS) is 13.9. The van der Waals surface area contributed by atoms with Crippen LogP contribution >= 0.6 is 0 Å². The zero-order valence-corrected chi connectivity index (χ0v) is 19.1. The molecule has 0 atom stereocenters. The molecule has 1 saturated carbocycles. The highest BCUT2D eigenvalue weighted by Gasteiger charge is 2.27. The third kappa shape index (κ3) is 4.53. The molecular formula is C26H22F3N7. The van der Waals surface area contributed by atoms with Crippen LogP contribution in [0.1, 0.15) is 31.0 Å². The number of imidazole rings is 2. The Balaban J connectivity index is 1.36. The molecule has 0 spiro atoms. The minimum atomic E-state index is -4.25. The Bertz CT molecular complexity index is 1500. The molecule has 0 bridgehead atoms. The Labute approximate surface area is 204 Å². The van der Waals surface area contributed by atoms with Crippen LogP contribution in [0.5, 0.6) is 0 Å². The fraction of sp³-hybridized carbons (Fsp3) is 0.231. The minimum Gasteiger partial charge on any atom is -0.382 e. The number of anilines is 1. The average Bonchev–Trinajstić information content (AvgIpc) is 3.44. The van der Waals surface area contributed by atoms with E-state index in [1.54, 1.807) is 41.3 Å². The summed E-state index contributed by atoms with van der Waals surface area (Å²) in [7, 11) is 0. The quantitative estimate of drug-likeness (QED) is 0.289. The van der Waals surface area contributed by atoms with Crippen molar-refractivity contribution in [2.75, 3.05) is 11.9 Å². The van der Waals surface area contributed by atoms with Gasteiger partial charge in [0.05, 0.1) is 41.6 Å². The monoisotopic (exact) mass is 489 g/mol. The molecule has 36 heavy (non-hydrogen) atoms. The van der Waals surface area contributed by atoms with Crippen molar-refractivity contribution in [3.05, 3.63) is 73.1 Å². The lowest BCUT2D eigenvalue weighted by Crippen LogP contribution is -2.15. The summed E-state index contributed by atoms with van der Waals surface area (Å²) in [4.78, 5) is 16.4. The number of aromatic amines is 1. The van der Waals surface area contributed by atoms with Gasteiger partial charge in [0, 0.05) is 36.0 Å². The SMILES string of the molecule is FC(F)(F)CCNc1cc(-c2ccncc2)nn2c(-c3ccc(-c4cnc(C5CC5)[nH]4)cc3)cnc12. The van der Waals surface area contributed by atoms with Gasteiger partial charge in [-0.3, -0.25) is 4.98 Å². The summed E-state index contributed by atoms with van der Waals surface area (Å²) in [6.45, 7) is -0.261. The van der Waals surface area contributed by atoms with Crippen LogP contribution in [0, 0.1) is 0 Å². The second kappa shape index (κ2) is 8.78. The van der Waals surface area contributed by atoms with Gasteiger partial charge in [0.2, 0.25) is 0 Å². The number of hydrogen-bond acceptors (Lipinski definition) is 5. The van der Waals surface area contributed by atoms with E-state index in [-0.39, 0.29) is 6.54 Å². The van der Waals surface area contributed by atoms with E-state index < -0.39 is 12.6 Å². The fourth-order valence-electron chi connectivity index (χ4n) is 4.17. The molecule has 1 aliphatic carbocycles. The predicted molar refractivity (Wildman–Crippen MR) is 130 cm³/mol. The highest BCUT2D eigenvalue weighted by atomic mass is 19.4.